The highest BCUT2D eigenvalue weighted by Crippen LogP contribution is 2.32. The molecule has 7 nitrogen and oxygen atoms in total. The van der Waals surface area contributed by atoms with E-state index in [2.05, 4.69) is 15.1 Å². The Kier molecular flexibility index (Phi) is 4.06. The Hall–Kier alpha value is -2.58. The number of hydrogen-bond donors (Lipinski definition) is 1. The van der Waals surface area contributed by atoms with E-state index < -0.39 is 6.10 Å². The molecule has 1 amide bonds. The molecule has 0 saturated carbocycles. The van der Waals surface area contributed by atoms with E-state index in [4.69, 9.17) is 4.52 Å². The molecule has 0 radical (unpaired) electrons. The van der Waals surface area contributed by atoms with Gasteiger partial charge in [0.1, 0.15) is 6.04 Å². The minimum absolute atomic E-state index is 0.119. The van der Waals surface area contributed by atoms with E-state index in [-0.39, 0.29) is 18.5 Å². The fourth-order valence-corrected chi connectivity index (χ4v) is 3.62. The second-order valence-electron chi connectivity index (χ2n) is 5.99. The predicted octanol–water partition coefficient (Wildman–Crippen LogP) is 2.51. The lowest BCUT2D eigenvalue weighted by Crippen LogP contribution is -2.29. The van der Waals surface area contributed by atoms with Crippen LogP contribution in [0.3, 0.4) is 0 Å². The largest absolute Gasteiger partial charge is 0.391 e. The van der Waals surface area contributed by atoms with Crippen molar-refractivity contribution in [3.63, 3.8) is 0 Å². The van der Waals surface area contributed by atoms with Gasteiger partial charge in [-0.3, -0.25) is 4.79 Å². The first-order chi connectivity index (χ1) is 12.1. The van der Waals surface area contributed by atoms with Crippen LogP contribution in [0.1, 0.15) is 25.3 Å². The average molecular weight is 356 g/mol. The molecule has 3 aromatic rings. The van der Waals surface area contributed by atoms with Crippen molar-refractivity contribution < 1.29 is 14.4 Å². The number of aliphatic hydroxyl groups is 1. The van der Waals surface area contributed by atoms with Crippen molar-refractivity contribution >= 4 is 17.2 Å². The number of carbonyl (C=O) groups is 1. The minimum Gasteiger partial charge on any atom is -0.391 e. The van der Waals surface area contributed by atoms with E-state index >= 15 is 0 Å². The fourth-order valence-electron chi connectivity index (χ4n) is 3.06. The maximum absolute atomic E-state index is 11.7. The lowest BCUT2D eigenvalue weighted by molar-refractivity contribution is -0.130. The van der Waals surface area contributed by atoms with Crippen LogP contribution in [0, 0.1) is 0 Å². The molecule has 4 rings (SSSR count). The molecule has 0 spiro atoms. The predicted molar refractivity (Wildman–Crippen MR) is 91.6 cm³/mol. The number of hydrogen-bond acceptors (Lipinski definition) is 7. The van der Waals surface area contributed by atoms with E-state index in [0.29, 0.717) is 18.1 Å². The maximum Gasteiger partial charge on any atom is 0.249 e. The number of carbonyl (C=O) groups excluding carboxylic acids is 1. The molecule has 2 atom stereocenters. The highest BCUT2D eigenvalue weighted by atomic mass is 32.1. The highest BCUT2D eigenvalue weighted by Gasteiger charge is 2.37. The van der Waals surface area contributed by atoms with E-state index in [9.17, 15) is 9.90 Å². The van der Waals surface area contributed by atoms with Gasteiger partial charge in [-0.15, -0.1) is 11.3 Å². The van der Waals surface area contributed by atoms with Crippen molar-refractivity contribution in [2.45, 2.75) is 25.5 Å². The fraction of sp³-hybridized carbons (Fsp3) is 0.294. The van der Waals surface area contributed by atoms with Gasteiger partial charge in [-0.25, -0.2) is 4.98 Å². The Labute approximate surface area is 147 Å². The molecule has 8 heteroatoms. The van der Waals surface area contributed by atoms with Crippen molar-refractivity contribution in [1.82, 2.24) is 20.0 Å². The first-order valence-corrected chi connectivity index (χ1v) is 8.84. The number of nitrogens with zero attached hydrogens (tertiary/aromatic N) is 4. The Morgan fingerprint density at radius 3 is 3.00 bits per heavy atom. The molecule has 1 aliphatic heterocycles. The van der Waals surface area contributed by atoms with Crippen LogP contribution < -0.4 is 0 Å². The summed E-state index contributed by atoms with van der Waals surface area (Å²) in [6.07, 6.45) is -0.169. The van der Waals surface area contributed by atoms with Gasteiger partial charge in [0.05, 0.1) is 17.3 Å². The van der Waals surface area contributed by atoms with Gasteiger partial charge in [0.25, 0.3) is 0 Å². The zero-order chi connectivity index (χ0) is 17.4. The van der Waals surface area contributed by atoms with Gasteiger partial charge in [0, 0.05) is 36.4 Å². The van der Waals surface area contributed by atoms with Crippen LogP contribution in [0.25, 0.3) is 22.6 Å². The number of benzene rings is 1. The summed E-state index contributed by atoms with van der Waals surface area (Å²) in [5, 5.41) is 15.9. The number of rotatable bonds is 3. The van der Waals surface area contributed by atoms with Gasteiger partial charge < -0.3 is 14.5 Å². The summed E-state index contributed by atoms with van der Waals surface area (Å²) in [6, 6.07) is 7.37. The van der Waals surface area contributed by atoms with Crippen molar-refractivity contribution in [3.05, 3.63) is 41.0 Å². The standard InChI is InChI=1S/C17H16N4O3S/c1-10(22)21-7-13(23)6-15(21)17-19-16(20-24-17)12-4-2-3-11(5-12)14-8-25-9-18-14/h2-5,8-9,13,15,23H,6-7H2,1H3/t13-,15+/m0/s1. The van der Waals surface area contributed by atoms with E-state index in [0.717, 1.165) is 16.8 Å². The molecule has 3 heterocycles. The van der Waals surface area contributed by atoms with Gasteiger partial charge in [-0.05, 0) is 6.07 Å². The molecule has 0 aliphatic carbocycles. The van der Waals surface area contributed by atoms with Gasteiger partial charge >= 0.3 is 0 Å². The third kappa shape index (κ3) is 3.06. The lowest BCUT2D eigenvalue weighted by atomic mass is 10.1. The van der Waals surface area contributed by atoms with Crippen LogP contribution >= 0.6 is 11.3 Å². The summed E-state index contributed by atoms with van der Waals surface area (Å²) >= 11 is 1.54. The van der Waals surface area contributed by atoms with Crippen LogP contribution in [0.15, 0.2) is 39.7 Å². The minimum atomic E-state index is -0.572. The van der Waals surface area contributed by atoms with E-state index in [1.54, 1.807) is 10.4 Å². The van der Waals surface area contributed by atoms with Gasteiger partial charge in [-0.2, -0.15) is 4.98 Å². The van der Waals surface area contributed by atoms with E-state index in [1.807, 2.05) is 29.6 Å². The molecule has 0 unspecified atom stereocenters. The van der Waals surface area contributed by atoms with Crippen LogP contribution in [-0.4, -0.2) is 43.7 Å². The third-order valence-corrected chi connectivity index (χ3v) is 4.85. The second kappa shape index (κ2) is 6.38. The van der Waals surface area contributed by atoms with E-state index in [1.165, 1.54) is 18.3 Å². The molecular weight excluding hydrogens is 340 g/mol. The normalized spacial score (nSPS) is 20.2. The molecule has 0 bridgehead atoms. The zero-order valence-electron chi connectivity index (χ0n) is 13.5. The smallest absolute Gasteiger partial charge is 0.249 e. The Morgan fingerprint density at radius 1 is 1.40 bits per heavy atom. The maximum atomic E-state index is 11.7. The number of β-amino-alcohol motifs (C(OH)–C–C–N with tert-alkyl or cyclic N) is 1. The summed E-state index contributed by atoms with van der Waals surface area (Å²) in [6.45, 7) is 1.76. The molecular formula is C17H16N4O3S. The molecule has 1 aliphatic rings. The Balaban J connectivity index is 1.64. The molecule has 1 saturated heterocycles. The first kappa shape index (κ1) is 15.9. The molecule has 128 valence electrons. The van der Waals surface area contributed by atoms with Crippen molar-refractivity contribution in [2.75, 3.05) is 6.54 Å². The molecule has 1 aromatic carbocycles. The summed E-state index contributed by atoms with van der Waals surface area (Å²) < 4.78 is 5.38. The molecule has 1 fully saturated rings. The SMILES string of the molecule is CC(=O)N1C[C@@H](O)C[C@@H]1c1nc(-c2cccc(-c3cscn3)c2)no1. The van der Waals surface area contributed by atoms with Crippen LogP contribution in [-0.2, 0) is 4.79 Å². The lowest BCUT2D eigenvalue weighted by Gasteiger charge is -2.19. The van der Waals surface area contributed by atoms with Crippen molar-refractivity contribution in [1.29, 1.82) is 0 Å². The summed E-state index contributed by atoms with van der Waals surface area (Å²) in [5.41, 5.74) is 4.48. The van der Waals surface area contributed by atoms with Crippen molar-refractivity contribution in [2.24, 2.45) is 0 Å². The number of aromatic nitrogens is 3. The van der Waals surface area contributed by atoms with Gasteiger partial charge in [0.15, 0.2) is 0 Å². The second-order valence-corrected chi connectivity index (χ2v) is 6.71. The first-order valence-electron chi connectivity index (χ1n) is 7.89. The van der Waals surface area contributed by atoms with Crippen LogP contribution in [0.4, 0.5) is 0 Å². The van der Waals surface area contributed by atoms with Crippen LogP contribution in [0.2, 0.25) is 0 Å². The average Bonchev–Trinajstić information content (AvgIpc) is 3.35. The van der Waals surface area contributed by atoms with Gasteiger partial charge in [0.2, 0.25) is 17.6 Å². The third-order valence-electron chi connectivity index (χ3n) is 4.26. The topological polar surface area (TPSA) is 92.4 Å². The summed E-state index contributed by atoms with van der Waals surface area (Å²) in [5.74, 6) is 0.685. The molecule has 25 heavy (non-hydrogen) atoms. The Bertz CT molecular complexity index is 893. The summed E-state index contributed by atoms with van der Waals surface area (Å²) in [7, 11) is 0. The van der Waals surface area contributed by atoms with Gasteiger partial charge in [-0.1, -0.05) is 23.4 Å². The van der Waals surface area contributed by atoms with Crippen LogP contribution in [0.5, 0.6) is 0 Å². The van der Waals surface area contributed by atoms with Crippen molar-refractivity contribution in [3.8, 4) is 22.6 Å². The number of thiazole rings is 1. The zero-order valence-corrected chi connectivity index (χ0v) is 14.3. The number of amides is 1. The Morgan fingerprint density at radius 2 is 2.24 bits per heavy atom. The number of aliphatic hydroxyl groups excluding tert-OH is 1. The molecule has 2 aromatic heterocycles. The number of likely N-dealkylation sites (tertiary alicyclic amines) is 1. The highest BCUT2D eigenvalue weighted by molar-refractivity contribution is 7.07. The quantitative estimate of drug-likeness (QED) is 0.775. The monoisotopic (exact) mass is 356 g/mol. The summed E-state index contributed by atoms with van der Waals surface area (Å²) in [4.78, 5) is 22.1. The molecule has 1 N–H and O–H groups in total.